The molecule has 0 unspecified atom stereocenters. The van der Waals surface area contributed by atoms with Crippen molar-refractivity contribution in [3.63, 3.8) is 0 Å². The minimum absolute atomic E-state index is 0.519. The molecule has 0 N–H and O–H groups in total. The second kappa shape index (κ2) is 10.0. The Morgan fingerprint density at radius 3 is 1.43 bits per heavy atom. The summed E-state index contributed by atoms with van der Waals surface area (Å²) in [4.78, 5) is 11.6. The summed E-state index contributed by atoms with van der Waals surface area (Å²) in [6.07, 6.45) is -1.41. The van der Waals surface area contributed by atoms with Gasteiger partial charge in [0.05, 0.1) is 0 Å². The Morgan fingerprint density at radius 2 is 1.17 bits per heavy atom. The molecule has 23 heavy (non-hydrogen) atoms. The van der Waals surface area contributed by atoms with Gasteiger partial charge in [0.1, 0.15) is 0 Å². The average Bonchev–Trinajstić information content (AvgIpc) is 2.47. The topological polar surface area (TPSA) is 26.3 Å². The number of hydrogen-bond acceptors (Lipinski definition) is 2. The van der Waals surface area contributed by atoms with Gasteiger partial charge in [0, 0.05) is 0 Å². The first-order chi connectivity index (χ1) is 10.6. The van der Waals surface area contributed by atoms with E-state index in [9.17, 15) is 26.7 Å². The summed E-state index contributed by atoms with van der Waals surface area (Å²) < 4.78 is 70.3. The van der Waals surface area contributed by atoms with Gasteiger partial charge in [0.15, 0.2) is 0 Å². The number of hydrogen-bond donors (Lipinski definition) is 0. The molecule has 0 bridgehead atoms. The Labute approximate surface area is 139 Å². The quantitative estimate of drug-likeness (QED) is 0.281. The fraction of sp³-hybridized carbons (Fsp3) is 0.933. The van der Waals surface area contributed by atoms with E-state index in [0.29, 0.717) is 32.6 Å². The minimum atomic E-state index is -5.90. The molecule has 0 aliphatic carbocycles. The number of alkyl halides is 5. The SMILES string of the molecule is CCC[CH2][Sn]([CH2]CCC)([CH2]CCC)[O]C(=O)C(F)(F)C(F)(F)F. The van der Waals surface area contributed by atoms with Gasteiger partial charge in [-0.3, -0.25) is 0 Å². The van der Waals surface area contributed by atoms with Crippen LogP contribution in [0, 0.1) is 0 Å². The Hall–Kier alpha value is -0.0813. The van der Waals surface area contributed by atoms with Crippen LogP contribution in [0.2, 0.25) is 13.3 Å². The van der Waals surface area contributed by atoms with Crippen molar-refractivity contribution in [1.82, 2.24) is 0 Å². The molecule has 0 rings (SSSR count). The Balaban J connectivity index is 5.33. The van der Waals surface area contributed by atoms with Gasteiger partial charge >= 0.3 is 139 Å². The number of carbonyl (C=O) groups is 1. The van der Waals surface area contributed by atoms with Crippen LogP contribution in [0.5, 0.6) is 0 Å². The number of rotatable bonds is 11. The van der Waals surface area contributed by atoms with Gasteiger partial charge in [-0.15, -0.1) is 0 Å². The molecule has 0 heterocycles. The average molecular weight is 453 g/mol. The molecule has 0 spiro atoms. The van der Waals surface area contributed by atoms with Gasteiger partial charge < -0.3 is 0 Å². The van der Waals surface area contributed by atoms with Crippen molar-refractivity contribution in [3.05, 3.63) is 0 Å². The summed E-state index contributed by atoms with van der Waals surface area (Å²) >= 11 is -3.82. The van der Waals surface area contributed by atoms with Crippen LogP contribution in [-0.4, -0.2) is 36.9 Å². The van der Waals surface area contributed by atoms with E-state index in [1.54, 1.807) is 0 Å². The van der Waals surface area contributed by atoms with Crippen molar-refractivity contribution >= 4 is 24.8 Å². The molecule has 0 aliphatic heterocycles. The zero-order valence-corrected chi connectivity index (χ0v) is 16.9. The summed E-state index contributed by atoms with van der Waals surface area (Å²) in [6.45, 7) is 5.76. The summed E-state index contributed by atoms with van der Waals surface area (Å²) in [6, 6.07) is 0. The molecule has 138 valence electrons. The Morgan fingerprint density at radius 1 is 0.826 bits per heavy atom. The fourth-order valence-corrected chi connectivity index (χ4v) is 15.4. The van der Waals surface area contributed by atoms with Gasteiger partial charge in [-0.05, 0) is 0 Å². The maximum absolute atomic E-state index is 13.3. The van der Waals surface area contributed by atoms with Crippen LogP contribution < -0.4 is 0 Å². The predicted molar refractivity (Wildman–Crippen MR) is 82.0 cm³/mol. The second-order valence-corrected chi connectivity index (χ2v) is 17.6. The number of unbranched alkanes of at least 4 members (excludes halogenated alkanes) is 3. The molecule has 0 atom stereocenters. The van der Waals surface area contributed by atoms with Crippen molar-refractivity contribution in [2.45, 2.75) is 84.7 Å². The first kappa shape index (κ1) is 22.9. The van der Waals surface area contributed by atoms with E-state index >= 15 is 0 Å². The van der Waals surface area contributed by atoms with E-state index < -0.39 is 36.9 Å². The standard InChI is InChI=1S/3C4H9.C3HF5O2.Sn/c3*1-3-4-2;4-2(5,1(9)10)3(6,7)8;/h3*1,3-4H2,2H3;(H,9,10);/q;;;;+1/p-1. The van der Waals surface area contributed by atoms with Crippen LogP contribution in [0.15, 0.2) is 0 Å². The molecule has 0 aromatic rings. The molecule has 0 fully saturated rings. The summed E-state index contributed by atoms with van der Waals surface area (Å²) in [5.74, 6) is -7.80. The van der Waals surface area contributed by atoms with Gasteiger partial charge in [0.25, 0.3) is 0 Å². The fourth-order valence-electron chi connectivity index (χ4n) is 2.40. The Bertz CT molecular complexity index is 336. The molecule has 0 radical (unpaired) electrons. The zero-order valence-electron chi connectivity index (χ0n) is 14.1. The molecule has 0 saturated heterocycles. The van der Waals surface area contributed by atoms with Crippen LogP contribution >= 0.6 is 0 Å². The van der Waals surface area contributed by atoms with Crippen molar-refractivity contribution in [2.75, 3.05) is 0 Å². The molecule has 0 aliphatic rings. The molecular weight excluding hydrogens is 426 g/mol. The molecule has 2 nitrogen and oxygen atoms in total. The molecule has 8 heteroatoms. The van der Waals surface area contributed by atoms with E-state index in [4.69, 9.17) is 3.07 Å². The number of carbonyl (C=O) groups excluding carboxylic acids is 1. The summed E-state index contributed by atoms with van der Waals surface area (Å²) in [5, 5.41) is 0. The first-order valence-electron chi connectivity index (χ1n) is 8.24. The van der Waals surface area contributed by atoms with Crippen molar-refractivity contribution < 1.29 is 29.8 Å². The van der Waals surface area contributed by atoms with E-state index in [2.05, 4.69) is 0 Å². The van der Waals surface area contributed by atoms with Crippen molar-refractivity contribution in [1.29, 1.82) is 0 Å². The van der Waals surface area contributed by atoms with Gasteiger partial charge in [-0.25, -0.2) is 0 Å². The van der Waals surface area contributed by atoms with Gasteiger partial charge in [-0.1, -0.05) is 0 Å². The van der Waals surface area contributed by atoms with Crippen LogP contribution in [0.1, 0.15) is 59.3 Å². The third kappa shape index (κ3) is 7.13. The normalized spacial score (nSPS) is 13.2. The summed E-state index contributed by atoms with van der Waals surface area (Å²) in [5.41, 5.74) is 0. The van der Waals surface area contributed by atoms with E-state index in [1.807, 2.05) is 20.8 Å². The van der Waals surface area contributed by atoms with Crippen LogP contribution in [0.4, 0.5) is 22.0 Å². The maximum atomic E-state index is 13.3. The third-order valence-corrected chi connectivity index (χ3v) is 16.5. The van der Waals surface area contributed by atoms with Crippen LogP contribution in [-0.2, 0) is 7.87 Å². The van der Waals surface area contributed by atoms with E-state index in [1.165, 1.54) is 0 Å². The van der Waals surface area contributed by atoms with Crippen LogP contribution in [0.3, 0.4) is 0 Å². The first-order valence-corrected chi connectivity index (χ1v) is 15.5. The van der Waals surface area contributed by atoms with E-state index in [-0.39, 0.29) is 0 Å². The summed E-state index contributed by atoms with van der Waals surface area (Å²) in [7, 11) is 0. The molecule has 0 aromatic carbocycles. The monoisotopic (exact) mass is 454 g/mol. The molecular formula is C15H27F5O2Sn. The van der Waals surface area contributed by atoms with Gasteiger partial charge in [-0.2, -0.15) is 0 Å². The van der Waals surface area contributed by atoms with E-state index in [0.717, 1.165) is 19.3 Å². The molecule has 0 saturated carbocycles. The molecule has 0 aromatic heterocycles. The van der Waals surface area contributed by atoms with Crippen molar-refractivity contribution in [3.8, 4) is 0 Å². The number of halogens is 5. The second-order valence-electron chi connectivity index (χ2n) is 5.96. The predicted octanol–water partition coefficient (Wildman–Crippen LogP) is 6.07. The zero-order chi connectivity index (χ0) is 18.1. The Kier molecular flexibility index (Phi) is 10.00. The van der Waals surface area contributed by atoms with Gasteiger partial charge in [0.2, 0.25) is 0 Å². The third-order valence-electron chi connectivity index (χ3n) is 3.88. The van der Waals surface area contributed by atoms with Crippen LogP contribution in [0.25, 0.3) is 0 Å². The van der Waals surface area contributed by atoms with Crippen molar-refractivity contribution in [2.24, 2.45) is 0 Å². The molecule has 0 amide bonds.